The van der Waals surface area contributed by atoms with Gasteiger partial charge < -0.3 is 19.5 Å². The lowest BCUT2D eigenvalue weighted by Crippen LogP contribution is -2.42. The van der Waals surface area contributed by atoms with Crippen molar-refractivity contribution in [3.05, 3.63) is 29.6 Å². The first kappa shape index (κ1) is 18.9. The summed E-state index contributed by atoms with van der Waals surface area (Å²) in [7, 11) is 1.62. The first-order valence-corrected chi connectivity index (χ1v) is 10.1. The van der Waals surface area contributed by atoms with Crippen LogP contribution in [0.15, 0.2) is 18.2 Å². The zero-order valence-electron chi connectivity index (χ0n) is 16.6. The molecule has 28 heavy (non-hydrogen) atoms. The number of H-pyrrole nitrogens is 1. The molecule has 1 aromatic carbocycles. The van der Waals surface area contributed by atoms with Crippen LogP contribution >= 0.6 is 0 Å². The standard InChI is InChI=1S/C21H28N4O3/c1-14-3-4-17-18(11-14)23-20(22-17)15-5-7-24(8-6-15)21(27)16-12-19(26)25(13-16)9-10-28-2/h3-4,11,15-16H,5-10,12-13H2,1-2H3,(H,22,23). The van der Waals surface area contributed by atoms with Gasteiger partial charge in [-0.05, 0) is 37.5 Å². The van der Waals surface area contributed by atoms with Crippen molar-refractivity contribution >= 4 is 22.8 Å². The van der Waals surface area contributed by atoms with E-state index in [0.29, 0.717) is 32.0 Å². The highest BCUT2D eigenvalue weighted by Gasteiger charge is 2.37. The van der Waals surface area contributed by atoms with E-state index in [4.69, 9.17) is 9.72 Å². The number of piperidine rings is 1. The molecule has 0 spiro atoms. The summed E-state index contributed by atoms with van der Waals surface area (Å²) < 4.78 is 5.05. The van der Waals surface area contributed by atoms with Crippen molar-refractivity contribution in [3.8, 4) is 0 Å². The monoisotopic (exact) mass is 384 g/mol. The summed E-state index contributed by atoms with van der Waals surface area (Å²) in [6.45, 7) is 5.12. The highest BCUT2D eigenvalue weighted by atomic mass is 16.5. The number of fused-ring (bicyclic) bond motifs is 1. The Morgan fingerprint density at radius 3 is 2.86 bits per heavy atom. The molecule has 3 heterocycles. The number of ether oxygens (including phenoxy) is 1. The second-order valence-corrected chi connectivity index (χ2v) is 7.98. The first-order valence-electron chi connectivity index (χ1n) is 10.1. The van der Waals surface area contributed by atoms with Gasteiger partial charge in [0, 0.05) is 45.6 Å². The number of hydrogen-bond acceptors (Lipinski definition) is 4. The Bertz CT molecular complexity index is 870. The van der Waals surface area contributed by atoms with Crippen molar-refractivity contribution in [3.63, 3.8) is 0 Å². The molecule has 1 unspecified atom stereocenters. The number of likely N-dealkylation sites (tertiary alicyclic amines) is 2. The maximum Gasteiger partial charge on any atom is 0.227 e. The van der Waals surface area contributed by atoms with Gasteiger partial charge in [0.2, 0.25) is 11.8 Å². The predicted octanol–water partition coefficient (Wildman–Crippen LogP) is 2.07. The third-order valence-electron chi connectivity index (χ3n) is 5.98. The number of benzene rings is 1. The van der Waals surface area contributed by atoms with Crippen LogP contribution in [0.1, 0.15) is 36.6 Å². The molecule has 7 heteroatoms. The fourth-order valence-electron chi connectivity index (χ4n) is 4.32. The molecule has 1 N–H and O–H groups in total. The molecule has 2 saturated heterocycles. The second kappa shape index (κ2) is 7.91. The number of carbonyl (C=O) groups is 2. The summed E-state index contributed by atoms with van der Waals surface area (Å²) in [5, 5.41) is 0. The molecule has 4 rings (SSSR count). The minimum Gasteiger partial charge on any atom is -0.383 e. The number of rotatable bonds is 5. The third-order valence-corrected chi connectivity index (χ3v) is 5.98. The van der Waals surface area contributed by atoms with Crippen LogP contribution in [0.4, 0.5) is 0 Å². The Kier molecular flexibility index (Phi) is 5.35. The van der Waals surface area contributed by atoms with E-state index in [1.54, 1.807) is 12.0 Å². The van der Waals surface area contributed by atoms with Crippen molar-refractivity contribution in [2.75, 3.05) is 39.9 Å². The fourth-order valence-corrected chi connectivity index (χ4v) is 4.32. The largest absolute Gasteiger partial charge is 0.383 e. The Morgan fingerprint density at radius 1 is 1.32 bits per heavy atom. The van der Waals surface area contributed by atoms with Gasteiger partial charge in [0.15, 0.2) is 0 Å². The van der Waals surface area contributed by atoms with Gasteiger partial charge in [-0.15, -0.1) is 0 Å². The fraction of sp³-hybridized carbons (Fsp3) is 0.571. The van der Waals surface area contributed by atoms with Gasteiger partial charge in [-0.3, -0.25) is 9.59 Å². The van der Waals surface area contributed by atoms with Crippen LogP contribution in [0, 0.1) is 12.8 Å². The van der Waals surface area contributed by atoms with Crippen molar-refractivity contribution in [1.29, 1.82) is 0 Å². The van der Waals surface area contributed by atoms with Crippen molar-refractivity contribution < 1.29 is 14.3 Å². The van der Waals surface area contributed by atoms with Crippen LogP contribution in [0.2, 0.25) is 0 Å². The van der Waals surface area contributed by atoms with Crippen LogP contribution in [-0.2, 0) is 14.3 Å². The number of nitrogens with zero attached hydrogens (tertiary/aromatic N) is 3. The topological polar surface area (TPSA) is 78.5 Å². The predicted molar refractivity (Wildman–Crippen MR) is 106 cm³/mol. The molecule has 0 radical (unpaired) electrons. The molecule has 1 aromatic heterocycles. The van der Waals surface area contributed by atoms with Crippen molar-refractivity contribution in [2.24, 2.45) is 5.92 Å². The summed E-state index contributed by atoms with van der Waals surface area (Å²) in [6.07, 6.45) is 2.13. The number of hydrogen-bond donors (Lipinski definition) is 1. The van der Waals surface area contributed by atoms with Crippen LogP contribution in [0.25, 0.3) is 11.0 Å². The number of nitrogens with one attached hydrogen (secondary N) is 1. The molecule has 1 atom stereocenters. The molecule has 2 aliphatic rings. The SMILES string of the molecule is COCCN1CC(C(=O)N2CCC(c3nc4ccc(C)cc4[nH]3)CC2)CC1=O. The number of aromatic nitrogens is 2. The van der Waals surface area contributed by atoms with Gasteiger partial charge in [-0.1, -0.05) is 6.07 Å². The summed E-state index contributed by atoms with van der Waals surface area (Å²) in [5.41, 5.74) is 3.29. The number of methoxy groups -OCH3 is 1. The molecular weight excluding hydrogens is 356 g/mol. The Morgan fingerprint density at radius 2 is 2.11 bits per heavy atom. The van der Waals surface area contributed by atoms with Crippen LogP contribution < -0.4 is 0 Å². The van der Waals surface area contributed by atoms with Gasteiger partial charge >= 0.3 is 0 Å². The summed E-state index contributed by atoms with van der Waals surface area (Å²) >= 11 is 0. The van der Waals surface area contributed by atoms with E-state index in [0.717, 1.165) is 42.8 Å². The lowest BCUT2D eigenvalue weighted by Gasteiger charge is -2.32. The van der Waals surface area contributed by atoms with E-state index < -0.39 is 0 Å². The number of imidazole rings is 1. The van der Waals surface area contributed by atoms with Crippen molar-refractivity contribution in [2.45, 2.75) is 32.1 Å². The number of carbonyl (C=O) groups excluding carboxylic acids is 2. The maximum atomic E-state index is 12.9. The van der Waals surface area contributed by atoms with E-state index in [1.165, 1.54) is 5.56 Å². The molecular formula is C21H28N4O3. The van der Waals surface area contributed by atoms with E-state index in [-0.39, 0.29) is 17.7 Å². The van der Waals surface area contributed by atoms with Gasteiger partial charge in [0.25, 0.3) is 0 Å². The smallest absolute Gasteiger partial charge is 0.227 e. The summed E-state index contributed by atoms with van der Waals surface area (Å²) in [5.74, 6) is 1.33. The molecule has 2 aromatic rings. The van der Waals surface area contributed by atoms with Gasteiger partial charge in [-0.2, -0.15) is 0 Å². The highest BCUT2D eigenvalue weighted by Crippen LogP contribution is 2.30. The van der Waals surface area contributed by atoms with Gasteiger partial charge in [0.05, 0.1) is 23.6 Å². The van der Waals surface area contributed by atoms with Crippen LogP contribution in [-0.4, -0.2) is 71.5 Å². The summed E-state index contributed by atoms with van der Waals surface area (Å²) in [6, 6.07) is 6.25. The second-order valence-electron chi connectivity index (χ2n) is 7.98. The molecule has 150 valence electrons. The number of amides is 2. The van der Waals surface area contributed by atoms with E-state index >= 15 is 0 Å². The Balaban J connectivity index is 1.34. The quantitative estimate of drug-likeness (QED) is 0.856. The van der Waals surface area contributed by atoms with Gasteiger partial charge in [0.1, 0.15) is 5.82 Å². The average molecular weight is 384 g/mol. The molecule has 7 nitrogen and oxygen atoms in total. The number of aryl methyl sites for hydroxylation is 1. The van der Waals surface area contributed by atoms with Crippen LogP contribution in [0.3, 0.4) is 0 Å². The minimum absolute atomic E-state index is 0.0582. The number of aromatic amines is 1. The molecule has 2 amide bonds. The Labute approximate surface area is 165 Å². The van der Waals surface area contributed by atoms with E-state index in [1.807, 2.05) is 4.90 Å². The average Bonchev–Trinajstić information content (AvgIpc) is 3.29. The van der Waals surface area contributed by atoms with E-state index in [2.05, 4.69) is 30.1 Å². The zero-order chi connectivity index (χ0) is 19.7. The molecule has 0 aliphatic carbocycles. The van der Waals surface area contributed by atoms with E-state index in [9.17, 15) is 9.59 Å². The minimum atomic E-state index is -0.213. The lowest BCUT2D eigenvalue weighted by atomic mass is 9.95. The molecule has 0 saturated carbocycles. The third kappa shape index (κ3) is 3.76. The first-order chi connectivity index (χ1) is 13.5. The highest BCUT2D eigenvalue weighted by molar-refractivity contribution is 5.89. The summed E-state index contributed by atoms with van der Waals surface area (Å²) in [4.78, 5) is 36.9. The Hall–Kier alpha value is -2.41. The molecule has 0 bridgehead atoms. The van der Waals surface area contributed by atoms with Crippen LogP contribution in [0.5, 0.6) is 0 Å². The molecule has 2 aliphatic heterocycles. The van der Waals surface area contributed by atoms with Crippen molar-refractivity contribution in [1.82, 2.24) is 19.8 Å². The van der Waals surface area contributed by atoms with Gasteiger partial charge in [-0.25, -0.2) is 4.98 Å². The molecule has 2 fully saturated rings. The normalized spacial score (nSPS) is 21.1. The maximum absolute atomic E-state index is 12.9. The lowest BCUT2D eigenvalue weighted by molar-refractivity contribution is -0.136. The zero-order valence-corrected chi connectivity index (χ0v) is 16.6.